The van der Waals surface area contributed by atoms with Crippen LogP contribution in [0.4, 0.5) is 0 Å². The van der Waals surface area contributed by atoms with E-state index in [1.807, 2.05) is 13.0 Å². The topological polar surface area (TPSA) is 52.2 Å². The summed E-state index contributed by atoms with van der Waals surface area (Å²) in [6.45, 7) is 1.84. The lowest BCUT2D eigenvalue weighted by Gasteiger charge is -2.00. The maximum Gasteiger partial charge on any atom is 0.427 e. The van der Waals surface area contributed by atoms with Crippen molar-refractivity contribution >= 4 is 28.3 Å². The smallest absolute Gasteiger partial charge is 0.407 e. The zero-order valence-corrected chi connectivity index (χ0v) is 10.4. The third kappa shape index (κ3) is 1.52. The van der Waals surface area contributed by atoms with E-state index in [2.05, 4.69) is 0 Å². The molecule has 18 heavy (non-hydrogen) atoms. The molecule has 0 amide bonds. The van der Waals surface area contributed by atoms with Crippen molar-refractivity contribution in [2.75, 3.05) is 0 Å². The van der Waals surface area contributed by atoms with Crippen molar-refractivity contribution in [1.29, 1.82) is 0 Å². The molecule has 0 atom stereocenters. The van der Waals surface area contributed by atoms with Crippen molar-refractivity contribution in [1.82, 2.24) is 4.57 Å². The van der Waals surface area contributed by atoms with Crippen molar-refractivity contribution in [3.63, 3.8) is 0 Å². The highest BCUT2D eigenvalue weighted by Crippen LogP contribution is 2.19. The monoisotopic (exact) mass is 259 g/mol. The predicted molar refractivity (Wildman–Crippen MR) is 69.3 cm³/mol. The summed E-state index contributed by atoms with van der Waals surface area (Å²) >= 11 is 1.30. The molecule has 3 rings (SSSR count). The zero-order chi connectivity index (χ0) is 12.7. The molecule has 4 nitrogen and oxygen atoms in total. The molecule has 0 fully saturated rings. The van der Waals surface area contributed by atoms with Gasteiger partial charge in [0.1, 0.15) is 5.52 Å². The fourth-order valence-corrected chi connectivity index (χ4v) is 2.58. The molecule has 1 aromatic carbocycles. The molecule has 0 saturated carbocycles. The summed E-state index contributed by atoms with van der Waals surface area (Å²) in [7, 11) is 0. The van der Waals surface area contributed by atoms with E-state index in [1.54, 1.807) is 29.6 Å². The minimum absolute atomic E-state index is 0.344. The molecule has 0 radical (unpaired) electrons. The van der Waals surface area contributed by atoms with Gasteiger partial charge in [-0.1, -0.05) is 18.2 Å². The fraction of sp³-hybridized carbons (Fsp3) is 0.0769. The Kier molecular flexibility index (Phi) is 2.41. The van der Waals surface area contributed by atoms with Gasteiger partial charge >= 0.3 is 5.76 Å². The van der Waals surface area contributed by atoms with Crippen LogP contribution in [0.5, 0.6) is 0 Å². The molecule has 0 unspecified atom stereocenters. The van der Waals surface area contributed by atoms with E-state index in [1.165, 1.54) is 11.3 Å². The number of hydrogen-bond acceptors (Lipinski definition) is 4. The van der Waals surface area contributed by atoms with Gasteiger partial charge in [0.05, 0.1) is 4.88 Å². The quantitative estimate of drug-likeness (QED) is 0.675. The first-order valence-corrected chi connectivity index (χ1v) is 6.26. The number of rotatable bonds is 1. The van der Waals surface area contributed by atoms with Crippen molar-refractivity contribution in [2.45, 2.75) is 6.92 Å². The van der Waals surface area contributed by atoms with Gasteiger partial charge in [-0.2, -0.15) is 0 Å². The van der Waals surface area contributed by atoms with E-state index >= 15 is 0 Å². The van der Waals surface area contributed by atoms with Crippen LogP contribution in [0, 0.1) is 6.92 Å². The second kappa shape index (κ2) is 3.96. The molecule has 2 heterocycles. The third-order valence-electron chi connectivity index (χ3n) is 2.74. The Bertz CT molecular complexity index is 780. The number of carbonyl (C=O) groups excluding carboxylic acids is 1. The lowest BCUT2D eigenvalue weighted by molar-refractivity contribution is 0.0960. The minimum Gasteiger partial charge on any atom is -0.407 e. The highest BCUT2D eigenvalue weighted by molar-refractivity contribution is 7.12. The molecule has 0 spiro atoms. The SMILES string of the molecule is Cc1cccc2oc(=O)n(C(=O)c3cccs3)c12. The van der Waals surface area contributed by atoms with Gasteiger partial charge in [0.15, 0.2) is 5.58 Å². The lowest BCUT2D eigenvalue weighted by Crippen LogP contribution is -2.22. The molecule has 90 valence electrons. The Morgan fingerprint density at radius 3 is 2.83 bits per heavy atom. The van der Waals surface area contributed by atoms with Gasteiger partial charge in [-0.15, -0.1) is 11.3 Å². The van der Waals surface area contributed by atoms with Crippen LogP contribution < -0.4 is 5.76 Å². The third-order valence-corrected chi connectivity index (χ3v) is 3.60. The Morgan fingerprint density at radius 2 is 2.11 bits per heavy atom. The van der Waals surface area contributed by atoms with Gasteiger partial charge < -0.3 is 4.42 Å². The molecule has 0 aliphatic rings. The average molecular weight is 259 g/mol. The zero-order valence-electron chi connectivity index (χ0n) is 9.54. The second-order valence-corrected chi connectivity index (χ2v) is 4.86. The number of oxazole rings is 1. The minimum atomic E-state index is -0.641. The van der Waals surface area contributed by atoms with Crippen molar-refractivity contribution < 1.29 is 9.21 Å². The van der Waals surface area contributed by atoms with Crippen LogP contribution in [-0.4, -0.2) is 10.5 Å². The van der Waals surface area contributed by atoms with Crippen LogP contribution >= 0.6 is 11.3 Å². The average Bonchev–Trinajstić information content (AvgIpc) is 2.95. The molecule has 0 aliphatic carbocycles. The molecule has 3 aromatic rings. The number of aromatic nitrogens is 1. The summed E-state index contributed by atoms with van der Waals surface area (Å²) in [5.74, 6) is -0.985. The van der Waals surface area contributed by atoms with Gasteiger partial charge in [0, 0.05) is 0 Å². The van der Waals surface area contributed by atoms with Crippen LogP contribution in [0.3, 0.4) is 0 Å². The summed E-state index contributed by atoms with van der Waals surface area (Å²) in [6.07, 6.45) is 0. The Labute approximate surface area is 106 Å². The van der Waals surface area contributed by atoms with Crippen LogP contribution in [0.1, 0.15) is 15.2 Å². The highest BCUT2D eigenvalue weighted by atomic mass is 32.1. The van der Waals surface area contributed by atoms with E-state index in [0.29, 0.717) is 16.0 Å². The van der Waals surface area contributed by atoms with Crippen molar-refractivity contribution in [3.05, 3.63) is 56.7 Å². The molecular formula is C13H9NO3S. The number of fused-ring (bicyclic) bond motifs is 1. The first kappa shape index (κ1) is 11.0. The first-order valence-electron chi connectivity index (χ1n) is 5.38. The number of para-hydroxylation sites is 1. The van der Waals surface area contributed by atoms with Gasteiger partial charge in [0.2, 0.25) is 0 Å². The van der Waals surface area contributed by atoms with Crippen LogP contribution in [0.15, 0.2) is 44.9 Å². The van der Waals surface area contributed by atoms with E-state index < -0.39 is 5.76 Å². The lowest BCUT2D eigenvalue weighted by atomic mass is 10.2. The second-order valence-electron chi connectivity index (χ2n) is 3.91. The summed E-state index contributed by atoms with van der Waals surface area (Å²) in [4.78, 5) is 24.6. The van der Waals surface area contributed by atoms with Crippen molar-refractivity contribution in [2.24, 2.45) is 0 Å². The molecule has 5 heteroatoms. The number of thiophene rings is 1. The predicted octanol–water partition coefficient (Wildman–Crippen LogP) is 2.65. The fourth-order valence-electron chi connectivity index (χ4n) is 1.93. The maximum absolute atomic E-state index is 12.3. The molecule has 0 N–H and O–H groups in total. The summed E-state index contributed by atoms with van der Waals surface area (Å²) in [6, 6.07) is 8.78. The van der Waals surface area contributed by atoms with Crippen molar-refractivity contribution in [3.8, 4) is 0 Å². The number of benzene rings is 1. The summed E-state index contributed by atoms with van der Waals surface area (Å²) < 4.78 is 6.18. The molecule has 2 aromatic heterocycles. The van der Waals surface area contributed by atoms with Gasteiger partial charge in [-0.25, -0.2) is 9.36 Å². The molecular weight excluding hydrogens is 250 g/mol. The van der Waals surface area contributed by atoms with E-state index in [-0.39, 0.29) is 5.91 Å². The van der Waals surface area contributed by atoms with Gasteiger partial charge in [0.25, 0.3) is 5.91 Å². The number of hydrogen-bond donors (Lipinski definition) is 0. The van der Waals surface area contributed by atoms with E-state index in [0.717, 1.165) is 10.1 Å². The number of nitrogens with zero attached hydrogens (tertiary/aromatic N) is 1. The normalized spacial score (nSPS) is 10.9. The molecule has 0 saturated heterocycles. The van der Waals surface area contributed by atoms with Crippen LogP contribution in [0.25, 0.3) is 11.1 Å². The summed E-state index contributed by atoms with van der Waals surface area (Å²) in [5.41, 5.74) is 1.81. The van der Waals surface area contributed by atoms with Gasteiger partial charge in [-0.05, 0) is 30.0 Å². The Balaban J connectivity index is 2.33. The van der Waals surface area contributed by atoms with E-state index in [9.17, 15) is 9.59 Å². The molecule has 0 bridgehead atoms. The largest absolute Gasteiger partial charge is 0.427 e. The highest BCUT2D eigenvalue weighted by Gasteiger charge is 2.19. The Morgan fingerprint density at radius 1 is 1.28 bits per heavy atom. The standard InChI is InChI=1S/C13H9NO3S/c1-8-4-2-5-9-11(8)14(13(16)17-9)12(15)10-6-3-7-18-10/h2-7H,1H3. The van der Waals surface area contributed by atoms with Gasteiger partial charge in [-0.3, -0.25) is 4.79 Å². The summed E-state index contributed by atoms with van der Waals surface area (Å²) in [5, 5.41) is 1.80. The maximum atomic E-state index is 12.3. The van der Waals surface area contributed by atoms with Crippen LogP contribution in [0.2, 0.25) is 0 Å². The Hall–Kier alpha value is -2.14. The van der Waals surface area contributed by atoms with Crippen LogP contribution in [-0.2, 0) is 0 Å². The molecule has 0 aliphatic heterocycles. The number of carbonyl (C=O) groups is 1. The number of aryl methyl sites for hydroxylation is 1. The van der Waals surface area contributed by atoms with E-state index in [4.69, 9.17) is 4.42 Å². The first-order chi connectivity index (χ1) is 8.68.